The zero-order valence-electron chi connectivity index (χ0n) is 13.7. The standard InChI is InChI=1S/C15H24N2O4S2/c1-11-4-5-14(22-11)13(21-2)10-16-15(18)12-6-8-17(9-7-12)23(3,19)20/h4-5,12-13H,6-10H2,1-3H3,(H,16,18)/t13-/m1/s1. The van der Waals surface area contributed by atoms with Crippen LogP contribution in [0.15, 0.2) is 12.1 Å². The van der Waals surface area contributed by atoms with E-state index in [0.29, 0.717) is 32.5 Å². The van der Waals surface area contributed by atoms with Crippen molar-refractivity contribution in [1.82, 2.24) is 9.62 Å². The van der Waals surface area contributed by atoms with Gasteiger partial charge in [0.05, 0.1) is 6.26 Å². The first-order valence-corrected chi connectivity index (χ1v) is 10.3. The third-order valence-electron chi connectivity index (χ3n) is 4.12. The minimum absolute atomic E-state index is 0.0199. The normalized spacial score (nSPS) is 18.7. The van der Waals surface area contributed by atoms with E-state index in [2.05, 4.69) is 5.32 Å². The number of amides is 1. The van der Waals surface area contributed by atoms with E-state index in [1.54, 1.807) is 18.4 Å². The van der Waals surface area contributed by atoms with E-state index in [1.165, 1.54) is 15.4 Å². The molecular weight excluding hydrogens is 336 g/mol. The Balaban J connectivity index is 1.83. The second-order valence-corrected chi connectivity index (χ2v) is 9.16. The van der Waals surface area contributed by atoms with Gasteiger partial charge < -0.3 is 10.1 Å². The summed E-state index contributed by atoms with van der Waals surface area (Å²) in [6.45, 7) is 3.29. The summed E-state index contributed by atoms with van der Waals surface area (Å²) in [5.41, 5.74) is 0. The minimum Gasteiger partial charge on any atom is -0.374 e. The molecule has 6 nitrogen and oxygen atoms in total. The van der Waals surface area contributed by atoms with E-state index < -0.39 is 10.0 Å². The van der Waals surface area contributed by atoms with Crippen LogP contribution < -0.4 is 5.32 Å². The quantitative estimate of drug-likeness (QED) is 0.835. The molecule has 0 aromatic carbocycles. The van der Waals surface area contributed by atoms with Gasteiger partial charge in [0.2, 0.25) is 15.9 Å². The van der Waals surface area contributed by atoms with Crippen LogP contribution in [0.2, 0.25) is 0 Å². The number of hydrogen-bond acceptors (Lipinski definition) is 5. The third-order valence-corrected chi connectivity index (χ3v) is 6.51. The predicted octanol–water partition coefficient (Wildman–Crippen LogP) is 1.53. The molecule has 1 N–H and O–H groups in total. The van der Waals surface area contributed by atoms with Crippen LogP contribution in [0, 0.1) is 12.8 Å². The summed E-state index contributed by atoms with van der Waals surface area (Å²) in [4.78, 5) is 14.6. The van der Waals surface area contributed by atoms with Crippen LogP contribution in [0.5, 0.6) is 0 Å². The lowest BCUT2D eigenvalue weighted by Gasteiger charge is -2.29. The van der Waals surface area contributed by atoms with Crippen LogP contribution in [0.3, 0.4) is 0 Å². The monoisotopic (exact) mass is 360 g/mol. The number of ether oxygens (including phenoxy) is 1. The van der Waals surface area contributed by atoms with Crippen molar-refractivity contribution in [3.63, 3.8) is 0 Å². The molecule has 8 heteroatoms. The number of sulfonamides is 1. The van der Waals surface area contributed by atoms with Gasteiger partial charge in [-0.2, -0.15) is 0 Å². The first-order valence-electron chi connectivity index (χ1n) is 7.63. The maximum absolute atomic E-state index is 12.3. The SMILES string of the molecule is CO[C@H](CNC(=O)C1CCN(S(C)(=O)=O)CC1)c1ccc(C)s1. The molecule has 1 fully saturated rings. The highest BCUT2D eigenvalue weighted by Gasteiger charge is 2.29. The first kappa shape index (κ1) is 18.4. The highest BCUT2D eigenvalue weighted by Crippen LogP contribution is 2.25. The Morgan fingerprint density at radius 2 is 2.09 bits per heavy atom. The molecule has 0 unspecified atom stereocenters. The lowest BCUT2D eigenvalue weighted by Crippen LogP contribution is -2.43. The lowest BCUT2D eigenvalue weighted by atomic mass is 9.97. The van der Waals surface area contributed by atoms with E-state index in [-0.39, 0.29) is 17.9 Å². The summed E-state index contributed by atoms with van der Waals surface area (Å²) in [5, 5.41) is 2.94. The van der Waals surface area contributed by atoms with E-state index in [4.69, 9.17) is 4.74 Å². The molecule has 0 bridgehead atoms. The second-order valence-electron chi connectivity index (χ2n) is 5.85. The maximum atomic E-state index is 12.3. The Kier molecular flexibility index (Phi) is 6.19. The summed E-state index contributed by atoms with van der Waals surface area (Å²) in [7, 11) is -1.52. The van der Waals surface area contributed by atoms with Gasteiger partial charge in [-0.1, -0.05) is 0 Å². The van der Waals surface area contributed by atoms with Gasteiger partial charge in [-0.05, 0) is 31.9 Å². The molecule has 0 aliphatic carbocycles. The van der Waals surface area contributed by atoms with Gasteiger partial charge in [-0.3, -0.25) is 4.79 Å². The van der Waals surface area contributed by atoms with E-state index >= 15 is 0 Å². The molecule has 1 atom stereocenters. The Morgan fingerprint density at radius 1 is 1.43 bits per heavy atom. The van der Waals surface area contributed by atoms with E-state index in [1.807, 2.05) is 19.1 Å². The molecule has 0 spiro atoms. The van der Waals surface area contributed by atoms with Gasteiger partial charge in [0.1, 0.15) is 6.10 Å². The summed E-state index contributed by atoms with van der Waals surface area (Å²) >= 11 is 1.66. The number of rotatable bonds is 6. The summed E-state index contributed by atoms with van der Waals surface area (Å²) in [6.07, 6.45) is 2.19. The van der Waals surface area contributed by atoms with Crippen molar-refractivity contribution in [3.05, 3.63) is 21.9 Å². The first-order chi connectivity index (χ1) is 10.8. The van der Waals surface area contributed by atoms with Crippen molar-refractivity contribution in [1.29, 1.82) is 0 Å². The van der Waals surface area contributed by atoms with Gasteiger partial charge in [-0.15, -0.1) is 11.3 Å². The number of hydrogen-bond donors (Lipinski definition) is 1. The summed E-state index contributed by atoms with van der Waals surface area (Å²) in [6, 6.07) is 4.06. The Labute approximate surface area is 141 Å². The number of piperidine rings is 1. The molecule has 130 valence electrons. The van der Waals surface area contributed by atoms with Gasteiger partial charge in [0.25, 0.3) is 0 Å². The molecule has 1 aliphatic heterocycles. The Hall–Kier alpha value is -0.960. The molecule has 23 heavy (non-hydrogen) atoms. The van der Waals surface area contributed by atoms with Gasteiger partial charge in [0.15, 0.2) is 0 Å². The number of carbonyl (C=O) groups is 1. The lowest BCUT2D eigenvalue weighted by molar-refractivity contribution is -0.126. The number of thiophene rings is 1. The molecule has 2 rings (SSSR count). The number of methoxy groups -OCH3 is 1. The fourth-order valence-corrected chi connectivity index (χ4v) is 4.54. The Morgan fingerprint density at radius 3 is 2.57 bits per heavy atom. The number of nitrogens with zero attached hydrogens (tertiary/aromatic N) is 1. The molecule has 0 radical (unpaired) electrons. The fourth-order valence-electron chi connectivity index (χ4n) is 2.71. The highest BCUT2D eigenvalue weighted by molar-refractivity contribution is 7.88. The van der Waals surface area contributed by atoms with Crippen LogP contribution in [-0.4, -0.2) is 51.6 Å². The maximum Gasteiger partial charge on any atom is 0.223 e. The minimum atomic E-state index is -3.16. The summed E-state index contributed by atoms with van der Waals surface area (Å²) in [5.74, 6) is -0.149. The van der Waals surface area contributed by atoms with Crippen molar-refractivity contribution in [3.8, 4) is 0 Å². The average Bonchev–Trinajstić information content (AvgIpc) is 2.93. The fraction of sp³-hybridized carbons (Fsp3) is 0.667. The third kappa shape index (κ3) is 5.00. The largest absolute Gasteiger partial charge is 0.374 e. The van der Waals surface area contributed by atoms with Crippen LogP contribution >= 0.6 is 11.3 Å². The van der Waals surface area contributed by atoms with Crippen LogP contribution in [0.25, 0.3) is 0 Å². The van der Waals surface area contributed by atoms with Crippen molar-refractivity contribution in [2.24, 2.45) is 5.92 Å². The molecule has 0 saturated carbocycles. The Bertz CT molecular complexity index is 634. The summed E-state index contributed by atoms with van der Waals surface area (Å²) < 4.78 is 29.9. The van der Waals surface area contributed by atoms with Crippen molar-refractivity contribution < 1.29 is 17.9 Å². The molecule has 1 aromatic rings. The van der Waals surface area contributed by atoms with Crippen LogP contribution in [0.1, 0.15) is 28.7 Å². The molecule has 1 saturated heterocycles. The molecule has 1 aromatic heterocycles. The van der Waals surface area contributed by atoms with Gasteiger partial charge in [0, 0.05) is 42.4 Å². The number of carbonyl (C=O) groups excluding carboxylic acids is 1. The predicted molar refractivity (Wildman–Crippen MR) is 91.0 cm³/mol. The van der Waals surface area contributed by atoms with Crippen molar-refractivity contribution >= 4 is 27.3 Å². The average molecular weight is 361 g/mol. The molecule has 1 aliphatic rings. The zero-order valence-corrected chi connectivity index (χ0v) is 15.4. The van der Waals surface area contributed by atoms with Gasteiger partial charge >= 0.3 is 0 Å². The molecule has 1 amide bonds. The van der Waals surface area contributed by atoms with E-state index in [9.17, 15) is 13.2 Å². The number of nitrogens with one attached hydrogen (secondary N) is 1. The molecular formula is C15H24N2O4S2. The van der Waals surface area contributed by atoms with E-state index in [0.717, 1.165) is 4.88 Å². The second kappa shape index (κ2) is 7.74. The van der Waals surface area contributed by atoms with Crippen molar-refractivity contribution in [2.45, 2.75) is 25.9 Å². The van der Waals surface area contributed by atoms with Crippen molar-refractivity contribution in [2.75, 3.05) is 33.0 Å². The van der Waals surface area contributed by atoms with Crippen LogP contribution in [-0.2, 0) is 19.6 Å². The smallest absolute Gasteiger partial charge is 0.223 e. The van der Waals surface area contributed by atoms with Gasteiger partial charge in [-0.25, -0.2) is 12.7 Å². The zero-order chi connectivity index (χ0) is 17.0. The highest BCUT2D eigenvalue weighted by atomic mass is 32.2. The van der Waals surface area contributed by atoms with Crippen LogP contribution in [0.4, 0.5) is 0 Å². The number of aryl methyl sites for hydroxylation is 1. The molecule has 2 heterocycles. The topological polar surface area (TPSA) is 75.7 Å².